The minimum absolute atomic E-state index is 0.338. The molecule has 0 atom stereocenters. The van der Waals surface area contributed by atoms with E-state index in [9.17, 15) is 9.59 Å². The van der Waals surface area contributed by atoms with Crippen LogP contribution >= 0.6 is 0 Å². The molecule has 20 heavy (non-hydrogen) atoms. The average Bonchev–Trinajstić information content (AvgIpc) is 2.40. The summed E-state index contributed by atoms with van der Waals surface area (Å²) in [7, 11) is 0. The quantitative estimate of drug-likeness (QED) is 0.341. The lowest BCUT2D eigenvalue weighted by Gasteiger charge is -1.99. The second kappa shape index (κ2) is 17.6. The maximum Gasteiger partial charge on any atom is 0.328 e. The molecule has 6 nitrogen and oxygen atoms in total. The highest BCUT2D eigenvalue weighted by molar-refractivity contribution is 5.89. The Balaban J connectivity index is 0. The van der Waals surface area contributed by atoms with Crippen LogP contribution in [0, 0.1) is 0 Å². The number of aliphatic hydroxyl groups excluding tert-OH is 2. The van der Waals surface area contributed by atoms with Crippen LogP contribution in [-0.2, 0) is 9.59 Å². The third-order valence-corrected chi connectivity index (χ3v) is 2.43. The molecular formula is C14H26O6. The van der Waals surface area contributed by atoms with Crippen molar-refractivity contribution in [1.82, 2.24) is 0 Å². The molecule has 6 heteroatoms. The topological polar surface area (TPSA) is 115 Å². The van der Waals surface area contributed by atoms with Gasteiger partial charge in [-0.15, -0.1) is 0 Å². The van der Waals surface area contributed by atoms with Crippen molar-refractivity contribution in [3.8, 4) is 0 Å². The van der Waals surface area contributed by atoms with Crippen LogP contribution in [0.5, 0.6) is 0 Å². The summed E-state index contributed by atoms with van der Waals surface area (Å²) in [5, 5.41) is 32.6. The smallest absolute Gasteiger partial charge is 0.328 e. The molecule has 0 heterocycles. The zero-order chi connectivity index (χ0) is 15.6. The second-order valence-electron chi connectivity index (χ2n) is 4.29. The van der Waals surface area contributed by atoms with Gasteiger partial charge in [0.05, 0.1) is 0 Å². The molecule has 0 saturated carbocycles. The molecule has 0 aromatic heterocycles. The van der Waals surface area contributed by atoms with Crippen LogP contribution in [0.2, 0.25) is 0 Å². The van der Waals surface area contributed by atoms with Gasteiger partial charge in [-0.25, -0.2) is 9.59 Å². The molecular weight excluding hydrogens is 264 g/mol. The van der Waals surface area contributed by atoms with Gasteiger partial charge in [-0.2, -0.15) is 0 Å². The van der Waals surface area contributed by atoms with E-state index in [0.29, 0.717) is 25.4 Å². The Bertz CT molecular complexity index is 236. The lowest BCUT2D eigenvalue weighted by molar-refractivity contribution is -0.134. The van der Waals surface area contributed by atoms with Crippen LogP contribution in [0.3, 0.4) is 0 Å². The molecule has 0 fully saturated rings. The fraction of sp³-hybridized carbons (Fsp3) is 0.714. The Morgan fingerprint density at radius 1 is 0.600 bits per heavy atom. The maximum atomic E-state index is 9.55. The van der Waals surface area contributed by atoms with Crippen molar-refractivity contribution in [3.63, 3.8) is 0 Å². The summed E-state index contributed by atoms with van der Waals surface area (Å²) in [6, 6.07) is 0. The lowest BCUT2D eigenvalue weighted by Crippen LogP contribution is -1.91. The fourth-order valence-corrected chi connectivity index (χ4v) is 1.43. The molecule has 0 amide bonds. The van der Waals surface area contributed by atoms with Crippen molar-refractivity contribution >= 4 is 11.9 Å². The number of hydrogen-bond acceptors (Lipinski definition) is 4. The van der Waals surface area contributed by atoms with E-state index in [1.807, 2.05) is 0 Å². The number of rotatable bonds is 11. The third kappa shape index (κ3) is 25.4. The van der Waals surface area contributed by atoms with Crippen LogP contribution in [0.25, 0.3) is 0 Å². The number of carboxylic acids is 2. The van der Waals surface area contributed by atoms with Gasteiger partial charge in [0.1, 0.15) is 0 Å². The van der Waals surface area contributed by atoms with Gasteiger partial charge in [0.15, 0.2) is 0 Å². The molecule has 0 bridgehead atoms. The van der Waals surface area contributed by atoms with E-state index >= 15 is 0 Å². The molecule has 0 radical (unpaired) electrons. The Labute approximate surface area is 119 Å². The molecule has 0 unspecified atom stereocenters. The number of carbonyl (C=O) groups is 2. The molecule has 0 rings (SSSR count). The predicted octanol–water partition coefficient (Wildman–Crippen LogP) is 1.80. The third-order valence-electron chi connectivity index (χ3n) is 2.43. The Hall–Kier alpha value is -1.40. The normalized spacial score (nSPS) is 10.1. The van der Waals surface area contributed by atoms with Crippen LogP contribution in [0.15, 0.2) is 12.2 Å². The molecule has 4 N–H and O–H groups in total. The number of aliphatic carboxylic acids is 2. The Morgan fingerprint density at radius 3 is 1.05 bits per heavy atom. The van der Waals surface area contributed by atoms with Crippen LogP contribution in [0.4, 0.5) is 0 Å². The number of hydrogen-bond donors (Lipinski definition) is 4. The van der Waals surface area contributed by atoms with Crippen molar-refractivity contribution in [2.45, 2.75) is 51.4 Å². The van der Waals surface area contributed by atoms with Crippen molar-refractivity contribution in [1.29, 1.82) is 0 Å². The first kappa shape index (κ1) is 20.9. The van der Waals surface area contributed by atoms with Gasteiger partial charge in [0.2, 0.25) is 0 Å². The molecule has 0 spiro atoms. The SMILES string of the molecule is O=C(O)/C=C/C(=O)O.OCCCCCCCCCCO. The summed E-state index contributed by atoms with van der Waals surface area (Å²) in [5.41, 5.74) is 0. The van der Waals surface area contributed by atoms with Gasteiger partial charge >= 0.3 is 11.9 Å². The van der Waals surface area contributed by atoms with Gasteiger partial charge < -0.3 is 20.4 Å². The zero-order valence-electron chi connectivity index (χ0n) is 11.8. The molecule has 0 aromatic carbocycles. The van der Waals surface area contributed by atoms with Gasteiger partial charge in [0, 0.05) is 25.4 Å². The molecule has 0 aromatic rings. The van der Waals surface area contributed by atoms with Crippen molar-refractivity contribution in [2.75, 3.05) is 13.2 Å². The largest absolute Gasteiger partial charge is 0.478 e. The van der Waals surface area contributed by atoms with Crippen LogP contribution < -0.4 is 0 Å². The highest BCUT2D eigenvalue weighted by Gasteiger charge is 1.90. The molecule has 0 aliphatic carbocycles. The van der Waals surface area contributed by atoms with Crippen LogP contribution in [0.1, 0.15) is 51.4 Å². The second-order valence-corrected chi connectivity index (χ2v) is 4.29. The summed E-state index contributed by atoms with van der Waals surface area (Å²) in [6.45, 7) is 0.676. The van der Waals surface area contributed by atoms with Crippen molar-refractivity contribution in [3.05, 3.63) is 12.2 Å². The van der Waals surface area contributed by atoms with Gasteiger partial charge in [0.25, 0.3) is 0 Å². The van der Waals surface area contributed by atoms with Crippen molar-refractivity contribution in [2.24, 2.45) is 0 Å². The first-order valence-corrected chi connectivity index (χ1v) is 6.90. The molecule has 0 saturated heterocycles. The Kier molecular flexibility index (Phi) is 18.4. The minimum atomic E-state index is -1.26. The van der Waals surface area contributed by atoms with E-state index in [1.165, 1.54) is 25.7 Å². The van der Waals surface area contributed by atoms with Crippen LogP contribution in [-0.4, -0.2) is 45.6 Å². The van der Waals surface area contributed by atoms with Crippen molar-refractivity contribution < 1.29 is 30.0 Å². The predicted molar refractivity (Wildman–Crippen MR) is 75.5 cm³/mol. The summed E-state index contributed by atoms with van der Waals surface area (Å²) in [5.74, 6) is -2.51. The van der Waals surface area contributed by atoms with E-state index < -0.39 is 11.9 Å². The Morgan fingerprint density at radius 2 is 0.850 bits per heavy atom. The number of unbranched alkanes of at least 4 members (excludes halogenated alkanes) is 7. The van der Waals surface area contributed by atoms with E-state index in [-0.39, 0.29) is 0 Å². The maximum absolute atomic E-state index is 9.55. The highest BCUT2D eigenvalue weighted by atomic mass is 16.4. The lowest BCUT2D eigenvalue weighted by atomic mass is 10.1. The summed E-state index contributed by atoms with van der Waals surface area (Å²) < 4.78 is 0. The first-order chi connectivity index (χ1) is 9.54. The number of aliphatic hydroxyl groups is 2. The first-order valence-electron chi connectivity index (χ1n) is 6.90. The molecule has 118 valence electrons. The van der Waals surface area contributed by atoms with Gasteiger partial charge in [-0.3, -0.25) is 0 Å². The zero-order valence-corrected chi connectivity index (χ0v) is 11.8. The van der Waals surface area contributed by atoms with Gasteiger partial charge in [-0.1, -0.05) is 38.5 Å². The average molecular weight is 290 g/mol. The standard InChI is InChI=1S/C10H22O2.C4H4O4/c11-9-7-5-3-1-2-4-6-8-10-12;5-3(6)1-2-4(7)8/h11-12H,1-10H2;1-2H,(H,5,6)(H,7,8)/b;2-1+. The number of carboxylic acid groups (broad SMARTS) is 2. The molecule has 0 aliphatic rings. The summed E-state index contributed by atoms with van der Waals surface area (Å²) in [6.07, 6.45) is 10.4. The van der Waals surface area contributed by atoms with E-state index in [2.05, 4.69) is 0 Å². The fourth-order valence-electron chi connectivity index (χ4n) is 1.43. The summed E-state index contributed by atoms with van der Waals surface area (Å²) >= 11 is 0. The minimum Gasteiger partial charge on any atom is -0.478 e. The highest BCUT2D eigenvalue weighted by Crippen LogP contribution is 2.07. The summed E-state index contributed by atoms with van der Waals surface area (Å²) in [4.78, 5) is 19.1. The van der Waals surface area contributed by atoms with E-state index in [0.717, 1.165) is 25.7 Å². The molecule has 0 aliphatic heterocycles. The van der Waals surface area contributed by atoms with Gasteiger partial charge in [-0.05, 0) is 12.8 Å². The monoisotopic (exact) mass is 290 g/mol. The van der Waals surface area contributed by atoms with E-state index in [4.69, 9.17) is 20.4 Å². The van der Waals surface area contributed by atoms with E-state index in [1.54, 1.807) is 0 Å².